The Labute approximate surface area is 215 Å². The number of amidine groups is 1. The first-order valence-corrected chi connectivity index (χ1v) is 13.1. The van der Waals surface area contributed by atoms with Crippen molar-refractivity contribution < 1.29 is 45.7 Å². The maximum Gasteiger partial charge on any atom is 0.336 e. The van der Waals surface area contributed by atoms with Gasteiger partial charge in [0.25, 0.3) is 20.2 Å². The predicted molar refractivity (Wildman–Crippen MR) is 132 cm³/mol. The summed E-state index contributed by atoms with van der Waals surface area (Å²) in [6.45, 7) is 1.35. The van der Waals surface area contributed by atoms with Crippen LogP contribution in [0.3, 0.4) is 0 Å². The smallest absolute Gasteiger partial charge is 0.336 e. The Morgan fingerprint density at radius 2 is 1.55 bits per heavy atom. The number of hydrazone groups is 1. The molecule has 0 aromatic heterocycles. The molecule has 3 aromatic carbocycles. The highest BCUT2D eigenvalue weighted by molar-refractivity contribution is 7.86. The van der Waals surface area contributed by atoms with E-state index in [0.717, 1.165) is 30.3 Å². The highest BCUT2D eigenvalue weighted by Gasteiger charge is 2.18. The van der Waals surface area contributed by atoms with E-state index in [1.807, 2.05) is 0 Å². The SMILES string of the molecule is Cc1cc(S(=O)(=O)O)cc(N/N=C(\N=Nc2cc(S(=O)(=O)O)ccc2C=O)c2ccccc2C(=O)O)c1O. The minimum atomic E-state index is -4.67. The van der Waals surface area contributed by atoms with Crippen molar-refractivity contribution in [1.29, 1.82) is 0 Å². The summed E-state index contributed by atoms with van der Waals surface area (Å²) < 4.78 is 64.8. The molecule has 0 saturated carbocycles. The summed E-state index contributed by atoms with van der Waals surface area (Å²) >= 11 is 0. The average Bonchev–Trinajstić information content (AvgIpc) is 2.84. The monoisotopic (exact) mass is 562 g/mol. The number of aldehydes is 1. The molecule has 0 aliphatic heterocycles. The minimum Gasteiger partial charge on any atom is -0.505 e. The minimum absolute atomic E-state index is 0.0459. The number of aromatic carboxylic acids is 1. The standard InChI is InChI=1S/C22H18N4O10S2/c1-12-8-15(38(34,35)36)10-19(20(12)28)24-26-21(16-4-2-3-5-17(16)22(29)30)25-23-18-9-14(37(31,32)33)7-6-13(18)11-27/h2-11,24,28H,1H3,(H,29,30)(H,31,32,33)(H,34,35,36)/b25-23?,26-21-. The number of nitrogens with one attached hydrogen (secondary N) is 1. The lowest BCUT2D eigenvalue weighted by Crippen LogP contribution is -2.09. The molecule has 0 bridgehead atoms. The third kappa shape index (κ3) is 6.43. The Morgan fingerprint density at radius 3 is 2.13 bits per heavy atom. The van der Waals surface area contributed by atoms with Gasteiger partial charge in [-0.3, -0.25) is 19.3 Å². The molecule has 0 spiro atoms. The molecule has 0 amide bonds. The van der Waals surface area contributed by atoms with Gasteiger partial charge in [0.2, 0.25) is 5.84 Å². The molecule has 0 heterocycles. The summed E-state index contributed by atoms with van der Waals surface area (Å²) in [4.78, 5) is 22.0. The number of phenolic OH excluding ortho intramolecular Hbond substituents is 1. The molecule has 0 unspecified atom stereocenters. The fourth-order valence-electron chi connectivity index (χ4n) is 3.07. The van der Waals surface area contributed by atoms with Crippen molar-refractivity contribution in [3.63, 3.8) is 0 Å². The number of rotatable bonds is 8. The zero-order valence-corrected chi connectivity index (χ0v) is 20.8. The first-order valence-electron chi connectivity index (χ1n) is 10.2. The summed E-state index contributed by atoms with van der Waals surface area (Å²) in [6.07, 6.45) is 0.337. The molecule has 0 radical (unpaired) electrons. The van der Waals surface area contributed by atoms with E-state index in [1.54, 1.807) is 0 Å². The molecular weight excluding hydrogens is 544 g/mol. The second-order valence-corrected chi connectivity index (χ2v) is 10.4. The van der Waals surface area contributed by atoms with Crippen LogP contribution in [-0.2, 0) is 20.2 Å². The van der Waals surface area contributed by atoms with Crippen LogP contribution in [0.1, 0.15) is 31.8 Å². The number of aryl methyl sites for hydroxylation is 1. The molecular formula is C22H18N4O10S2. The molecule has 198 valence electrons. The van der Waals surface area contributed by atoms with Gasteiger partial charge in [-0.2, -0.15) is 21.9 Å². The molecule has 0 atom stereocenters. The molecule has 3 aromatic rings. The van der Waals surface area contributed by atoms with Crippen molar-refractivity contribution in [1.82, 2.24) is 0 Å². The second kappa shape index (κ2) is 10.9. The quantitative estimate of drug-likeness (QED) is 0.0508. The number of aromatic hydroxyl groups is 1. The van der Waals surface area contributed by atoms with E-state index in [1.165, 1.54) is 31.2 Å². The molecule has 0 fully saturated rings. The van der Waals surface area contributed by atoms with Crippen molar-refractivity contribution in [2.75, 3.05) is 5.43 Å². The molecule has 0 aliphatic rings. The molecule has 0 aliphatic carbocycles. The van der Waals surface area contributed by atoms with E-state index < -0.39 is 47.6 Å². The Kier molecular flexibility index (Phi) is 8.01. The number of hydrogen-bond donors (Lipinski definition) is 5. The lowest BCUT2D eigenvalue weighted by Gasteiger charge is -2.10. The van der Waals surface area contributed by atoms with Crippen LogP contribution >= 0.6 is 0 Å². The topological polar surface area (TPSA) is 232 Å². The van der Waals surface area contributed by atoms with Gasteiger partial charge in [0.15, 0.2) is 6.29 Å². The number of carboxylic acids is 1. The summed E-state index contributed by atoms with van der Waals surface area (Å²) in [5, 5.41) is 31.5. The van der Waals surface area contributed by atoms with Gasteiger partial charge < -0.3 is 10.2 Å². The Balaban J connectivity index is 2.20. The van der Waals surface area contributed by atoms with Gasteiger partial charge in [0.1, 0.15) is 5.75 Å². The molecule has 3 rings (SSSR count). The Morgan fingerprint density at radius 1 is 0.921 bits per heavy atom. The van der Waals surface area contributed by atoms with E-state index >= 15 is 0 Å². The fraction of sp³-hybridized carbons (Fsp3) is 0.0455. The number of carbonyl (C=O) groups is 2. The van der Waals surface area contributed by atoms with Gasteiger partial charge in [-0.25, -0.2) is 4.79 Å². The highest BCUT2D eigenvalue weighted by Crippen LogP contribution is 2.31. The number of hydrogen-bond acceptors (Lipinski definition) is 10. The summed E-state index contributed by atoms with van der Waals surface area (Å²) in [5.41, 5.74) is 1.23. The number of carboxylic acid groups (broad SMARTS) is 1. The predicted octanol–water partition coefficient (Wildman–Crippen LogP) is 3.26. The number of phenols is 1. The van der Waals surface area contributed by atoms with Gasteiger partial charge in [0, 0.05) is 11.1 Å². The van der Waals surface area contributed by atoms with E-state index in [0.29, 0.717) is 6.29 Å². The van der Waals surface area contributed by atoms with Gasteiger partial charge in [-0.05, 0) is 48.9 Å². The van der Waals surface area contributed by atoms with Crippen LogP contribution in [0.25, 0.3) is 0 Å². The van der Waals surface area contributed by atoms with E-state index in [9.17, 15) is 45.7 Å². The summed E-state index contributed by atoms with van der Waals surface area (Å²) in [5.74, 6) is -2.28. The van der Waals surface area contributed by atoms with Crippen LogP contribution in [0.5, 0.6) is 5.75 Å². The van der Waals surface area contributed by atoms with Crippen molar-refractivity contribution in [2.24, 2.45) is 15.3 Å². The maximum absolute atomic E-state index is 11.8. The molecule has 38 heavy (non-hydrogen) atoms. The van der Waals surface area contributed by atoms with E-state index in [-0.39, 0.29) is 33.6 Å². The summed E-state index contributed by atoms with van der Waals surface area (Å²) in [6, 6.07) is 10.1. The van der Waals surface area contributed by atoms with Crippen LogP contribution in [0.15, 0.2) is 79.7 Å². The number of anilines is 1. The van der Waals surface area contributed by atoms with Crippen molar-refractivity contribution in [3.05, 3.63) is 76.9 Å². The van der Waals surface area contributed by atoms with Crippen LogP contribution in [0.2, 0.25) is 0 Å². The van der Waals surface area contributed by atoms with Crippen LogP contribution in [-0.4, -0.2) is 54.2 Å². The fourth-order valence-corrected chi connectivity index (χ4v) is 4.16. The number of carbonyl (C=O) groups excluding carboxylic acids is 1. The zero-order valence-electron chi connectivity index (χ0n) is 19.2. The first kappa shape index (κ1) is 28.1. The molecule has 16 heteroatoms. The number of azo groups is 1. The van der Waals surface area contributed by atoms with Gasteiger partial charge in [-0.1, -0.05) is 18.2 Å². The highest BCUT2D eigenvalue weighted by atomic mass is 32.2. The first-order chi connectivity index (χ1) is 17.7. The zero-order chi connectivity index (χ0) is 28.3. The second-order valence-electron chi connectivity index (χ2n) is 7.52. The van der Waals surface area contributed by atoms with Crippen LogP contribution in [0.4, 0.5) is 11.4 Å². The normalized spacial score (nSPS) is 12.4. The van der Waals surface area contributed by atoms with Gasteiger partial charge >= 0.3 is 5.97 Å². The van der Waals surface area contributed by atoms with Crippen molar-refractivity contribution in [2.45, 2.75) is 16.7 Å². The average molecular weight is 563 g/mol. The third-order valence-corrected chi connectivity index (χ3v) is 6.61. The maximum atomic E-state index is 11.8. The van der Waals surface area contributed by atoms with E-state index in [2.05, 4.69) is 20.8 Å². The van der Waals surface area contributed by atoms with Gasteiger partial charge in [0.05, 0.1) is 26.7 Å². The molecule has 0 saturated heterocycles. The van der Waals surface area contributed by atoms with Crippen molar-refractivity contribution >= 4 is 49.7 Å². The Bertz CT molecular complexity index is 1720. The largest absolute Gasteiger partial charge is 0.505 e. The third-order valence-electron chi connectivity index (χ3n) is 4.93. The lowest BCUT2D eigenvalue weighted by molar-refractivity contribution is 0.0696. The molecule has 14 nitrogen and oxygen atoms in total. The lowest BCUT2D eigenvalue weighted by atomic mass is 10.1. The molecule has 5 N–H and O–H groups in total. The van der Waals surface area contributed by atoms with Crippen molar-refractivity contribution in [3.8, 4) is 5.75 Å². The number of benzene rings is 3. The van der Waals surface area contributed by atoms with Crippen LogP contribution in [0, 0.1) is 6.92 Å². The summed E-state index contributed by atoms with van der Waals surface area (Å²) in [7, 11) is -9.33. The number of nitrogens with zero attached hydrogens (tertiary/aromatic N) is 3. The Hall–Kier alpha value is -4.51. The van der Waals surface area contributed by atoms with Gasteiger partial charge in [-0.15, -0.1) is 10.2 Å². The van der Waals surface area contributed by atoms with Crippen LogP contribution < -0.4 is 5.43 Å². The van der Waals surface area contributed by atoms with E-state index in [4.69, 9.17) is 0 Å².